The lowest BCUT2D eigenvalue weighted by atomic mass is 10.0. The van der Waals surface area contributed by atoms with Crippen LogP contribution in [0.15, 0.2) is 60.1 Å². The number of nitrogens with zero attached hydrogens (tertiary/aromatic N) is 4. The van der Waals surface area contributed by atoms with Crippen LogP contribution in [0.4, 0.5) is 0 Å². The molecule has 0 aliphatic carbocycles. The van der Waals surface area contributed by atoms with Gasteiger partial charge in [-0.05, 0) is 36.2 Å². The molecule has 1 aliphatic heterocycles. The first-order valence-electron chi connectivity index (χ1n) is 7.54. The topological polar surface area (TPSA) is 66.8 Å². The molecule has 0 radical (unpaired) electrons. The summed E-state index contributed by atoms with van der Waals surface area (Å²) in [6.45, 7) is 0. The van der Waals surface area contributed by atoms with Gasteiger partial charge in [-0.1, -0.05) is 35.5 Å². The number of aliphatic imine (C=N–C) groups is 1. The predicted molar refractivity (Wildman–Crippen MR) is 96.4 cm³/mol. The highest BCUT2D eigenvalue weighted by atomic mass is 35.5. The van der Waals surface area contributed by atoms with Crippen molar-refractivity contribution in [3.8, 4) is 0 Å². The van der Waals surface area contributed by atoms with Crippen LogP contribution in [-0.4, -0.2) is 31.3 Å². The molecular weight excluding hydrogens is 342 g/mol. The minimum atomic E-state index is 0.0901. The molecule has 2 unspecified atom stereocenters. The van der Waals surface area contributed by atoms with Gasteiger partial charge >= 0.3 is 0 Å². The third-order valence-corrected chi connectivity index (χ3v) is 5.47. The molecular formula is C17H14ClN5S. The number of aromatic amines is 1. The zero-order valence-corrected chi connectivity index (χ0v) is 14.2. The first-order chi connectivity index (χ1) is 11.8. The molecule has 5 nitrogen and oxygen atoms in total. The van der Waals surface area contributed by atoms with Crippen LogP contribution in [0.3, 0.4) is 0 Å². The summed E-state index contributed by atoms with van der Waals surface area (Å²) in [5.41, 5.74) is 2.28. The van der Waals surface area contributed by atoms with Gasteiger partial charge < -0.3 is 0 Å². The predicted octanol–water partition coefficient (Wildman–Crippen LogP) is 3.70. The number of hydrogen-bond acceptors (Lipinski definition) is 5. The van der Waals surface area contributed by atoms with Crippen LogP contribution in [0.5, 0.6) is 0 Å². The molecule has 0 spiro atoms. The third kappa shape index (κ3) is 3.20. The maximum absolute atomic E-state index is 5.98. The molecule has 0 saturated carbocycles. The largest absolute Gasteiger partial charge is 0.272 e. The van der Waals surface area contributed by atoms with Crippen LogP contribution in [0.25, 0.3) is 0 Å². The Labute approximate surface area is 148 Å². The van der Waals surface area contributed by atoms with Gasteiger partial charge in [0.2, 0.25) is 0 Å². The number of benzene rings is 1. The SMILES string of the molecule is Clc1ccc(CC2N=C(c3ccncc3)SC2c2ncn[nH]2)cc1. The Morgan fingerprint density at radius 2 is 1.88 bits per heavy atom. The number of thioether (sulfide) groups is 1. The van der Waals surface area contributed by atoms with Gasteiger partial charge in [0.05, 0.1) is 16.3 Å². The van der Waals surface area contributed by atoms with E-state index in [1.807, 2.05) is 36.4 Å². The Morgan fingerprint density at radius 3 is 2.58 bits per heavy atom. The molecule has 2 atom stereocenters. The van der Waals surface area contributed by atoms with Crippen LogP contribution in [0.2, 0.25) is 5.02 Å². The van der Waals surface area contributed by atoms with Gasteiger partial charge in [-0.25, -0.2) is 4.98 Å². The van der Waals surface area contributed by atoms with Crippen molar-refractivity contribution >= 4 is 28.4 Å². The van der Waals surface area contributed by atoms with E-state index in [-0.39, 0.29) is 11.3 Å². The van der Waals surface area contributed by atoms with Crippen LogP contribution < -0.4 is 0 Å². The molecule has 0 amide bonds. The fourth-order valence-electron chi connectivity index (χ4n) is 2.69. The molecule has 0 fully saturated rings. The number of halogens is 1. The third-order valence-electron chi connectivity index (χ3n) is 3.86. The van der Waals surface area contributed by atoms with E-state index in [1.165, 1.54) is 5.56 Å². The highest BCUT2D eigenvalue weighted by Gasteiger charge is 2.34. The average molecular weight is 356 g/mol. The normalized spacial score (nSPS) is 20.1. The number of hydrogen-bond donors (Lipinski definition) is 1. The van der Waals surface area contributed by atoms with Crippen LogP contribution in [0, 0.1) is 0 Å². The van der Waals surface area contributed by atoms with Gasteiger partial charge in [-0.3, -0.25) is 15.1 Å². The molecule has 1 N–H and O–H groups in total. The van der Waals surface area contributed by atoms with Crippen molar-refractivity contribution in [2.24, 2.45) is 4.99 Å². The molecule has 0 saturated heterocycles. The van der Waals surface area contributed by atoms with Crippen LogP contribution in [-0.2, 0) is 6.42 Å². The van der Waals surface area contributed by atoms with E-state index in [1.54, 1.807) is 30.5 Å². The van der Waals surface area contributed by atoms with E-state index in [0.29, 0.717) is 0 Å². The van der Waals surface area contributed by atoms with E-state index in [4.69, 9.17) is 16.6 Å². The number of nitrogens with one attached hydrogen (secondary N) is 1. The van der Waals surface area contributed by atoms with Crippen molar-refractivity contribution in [2.45, 2.75) is 17.7 Å². The van der Waals surface area contributed by atoms with E-state index in [0.717, 1.165) is 27.9 Å². The van der Waals surface area contributed by atoms with Crippen molar-refractivity contribution in [3.63, 3.8) is 0 Å². The molecule has 1 aromatic carbocycles. The second-order valence-electron chi connectivity index (χ2n) is 5.48. The van der Waals surface area contributed by atoms with Crippen molar-refractivity contribution in [2.75, 3.05) is 0 Å². The monoisotopic (exact) mass is 355 g/mol. The Balaban J connectivity index is 1.64. The number of rotatable bonds is 4. The maximum atomic E-state index is 5.98. The van der Waals surface area contributed by atoms with E-state index < -0.39 is 0 Å². The lowest BCUT2D eigenvalue weighted by Crippen LogP contribution is -2.14. The number of pyridine rings is 1. The second-order valence-corrected chi connectivity index (χ2v) is 7.04. The summed E-state index contributed by atoms with van der Waals surface area (Å²) in [6.07, 6.45) is 5.94. The molecule has 1 aliphatic rings. The minimum absolute atomic E-state index is 0.0901. The van der Waals surface area contributed by atoms with Gasteiger partial charge in [0, 0.05) is 23.0 Å². The quantitative estimate of drug-likeness (QED) is 0.774. The standard InChI is InChI=1S/C17H14ClN5S/c18-13-3-1-11(2-4-13)9-14-15(16-20-10-21-23-16)24-17(22-14)12-5-7-19-8-6-12/h1-8,10,14-15H,9H2,(H,20,21,23). The van der Waals surface area contributed by atoms with Crippen molar-refractivity contribution in [3.05, 3.63) is 77.1 Å². The number of H-pyrrole nitrogens is 1. The van der Waals surface area contributed by atoms with E-state index in [2.05, 4.69) is 20.2 Å². The molecule has 4 rings (SSSR count). The molecule has 0 bridgehead atoms. The summed E-state index contributed by atoms with van der Waals surface area (Å²) in [5.74, 6) is 0.853. The summed E-state index contributed by atoms with van der Waals surface area (Å²) in [4.78, 5) is 13.4. The van der Waals surface area contributed by atoms with Gasteiger partial charge in [-0.15, -0.1) is 0 Å². The summed E-state index contributed by atoms with van der Waals surface area (Å²) >= 11 is 7.69. The molecule has 24 heavy (non-hydrogen) atoms. The van der Waals surface area contributed by atoms with E-state index in [9.17, 15) is 0 Å². The first kappa shape index (κ1) is 15.4. The highest BCUT2D eigenvalue weighted by Crippen LogP contribution is 2.41. The molecule has 2 aromatic heterocycles. The first-order valence-corrected chi connectivity index (χ1v) is 8.80. The molecule has 120 valence electrons. The lowest BCUT2D eigenvalue weighted by Gasteiger charge is -2.14. The Morgan fingerprint density at radius 1 is 1.08 bits per heavy atom. The smallest absolute Gasteiger partial charge is 0.139 e. The van der Waals surface area contributed by atoms with Gasteiger partial charge in [0.1, 0.15) is 12.2 Å². The van der Waals surface area contributed by atoms with Crippen LogP contribution >= 0.6 is 23.4 Å². The van der Waals surface area contributed by atoms with Crippen molar-refractivity contribution < 1.29 is 0 Å². The van der Waals surface area contributed by atoms with Gasteiger partial charge in [0.25, 0.3) is 0 Å². The van der Waals surface area contributed by atoms with Crippen LogP contribution in [0.1, 0.15) is 22.2 Å². The Kier molecular flexibility index (Phi) is 4.32. The molecule has 7 heteroatoms. The van der Waals surface area contributed by atoms with E-state index >= 15 is 0 Å². The number of aromatic nitrogens is 4. The van der Waals surface area contributed by atoms with Gasteiger partial charge in [-0.2, -0.15) is 5.10 Å². The summed E-state index contributed by atoms with van der Waals surface area (Å²) in [6, 6.07) is 12.0. The fraction of sp³-hybridized carbons (Fsp3) is 0.176. The van der Waals surface area contributed by atoms with Crippen molar-refractivity contribution in [1.82, 2.24) is 20.2 Å². The Bertz CT molecular complexity index is 833. The minimum Gasteiger partial charge on any atom is -0.272 e. The van der Waals surface area contributed by atoms with Crippen molar-refractivity contribution in [1.29, 1.82) is 0 Å². The lowest BCUT2D eigenvalue weighted by molar-refractivity contribution is 0.644. The van der Waals surface area contributed by atoms with Gasteiger partial charge in [0.15, 0.2) is 0 Å². The fourth-order valence-corrected chi connectivity index (χ4v) is 4.06. The zero-order chi connectivity index (χ0) is 16.4. The molecule has 3 heterocycles. The highest BCUT2D eigenvalue weighted by molar-refractivity contribution is 8.14. The summed E-state index contributed by atoms with van der Waals surface area (Å²) in [7, 11) is 0. The second kappa shape index (κ2) is 6.75. The maximum Gasteiger partial charge on any atom is 0.139 e. The summed E-state index contributed by atoms with van der Waals surface area (Å²) < 4.78 is 0. The average Bonchev–Trinajstić information content (AvgIpc) is 3.27. The summed E-state index contributed by atoms with van der Waals surface area (Å²) in [5, 5.41) is 8.85. The zero-order valence-electron chi connectivity index (χ0n) is 12.6. The molecule has 3 aromatic rings. The Hall–Kier alpha value is -2.18.